The van der Waals surface area contributed by atoms with Crippen molar-refractivity contribution in [2.24, 2.45) is 0 Å². The summed E-state index contributed by atoms with van der Waals surface area (Å²) in [6.07, 6.45) is 1.71. The highest BCUT2D eigenvalue weighted by Crippen LogP contribution is 2.14. The molecule has 0 atom stereocenters. The number of benzene rings is 1. The molecule has 18 heavy (non-hydrogen) atoms. The highest BCUT2D eigenvalue weighted by atomic mass is 16.4. The molecule has 0 saturated carbocycles. The largest absolute Gasteiger partial charge is 0.432 e. The lowest BCUT2D eigenvalue weighted by Gasteiger charge is -2.14. The first-order chi connectivity index (χ1) is 8.79. The van der Waals surface area contributed by atoms with Crippen molar-refractivity contribution in [3.8, 4) is 0 Å². The first-order valence-corrected chi connectivity index (χ1v) is 6.19. The van der Waals surface area contributed by atoms with Crippen molar-refractivity contribution >= 4 is 6.01 Å². The number of nitrogens with one attached hydrogen (secondary N) is 1. The highest BCUT2D eigenvalue weighted by Gasteiger charge is 2.09. The molecule has 1 heterocycles. The van der Waals surface area contributed by atoms with Crippen LogP contribution in [0.15, 0.2) is 41.0 Å². The van der Waals surface area contributed by atoms with Crippen molar-refractivity contribution in [2.75, 3.05) is 18.5 Å². The van der Waals surface area contributed by atoms with Gasteiger partial charge in [0.1, 0.15) is 6.26 Å². The van der Waals surface area contributed by atoms with Gasteiger partial charge in [0.05, 0.1) is 5.69 Å². The third-order valence-electron chi connectivity index (χ3n) is 2.68. The molecule has 1 aromatic carbocycles. The van der Waals surface area contributed by atoms with Gasteiger partial charge >= 0.3 is 0 Å². The first kappa shape index (κ1) is 12.6. The Morgan fingerprint density at radius 3 is 2.78 bits per heavy atom. The summed E-state index contributed by atoms with van der Waals surface area (Å²) in [6, 6.07) is 10.9. The maximum Gasteiger partial charge on any atom is 0.297 e. The van der Waals surface area contributed by atoms with E-state index in [-0.39, 0.29) is 0 Å². The minimum atomic E-state index is 0.659. The van der Waals surface area contributed by atoms with Gasteiger partial charge in [-0.2, -0.15) is 4.98 Å². The zero-order valence-corrected chi connectivity index (χ0v) is 10.9. The van der Waals surface area contributed by atoms with Gasteiger partial charge in [-0.3, -0.25) is 0 Å². The van der Waals surface area contributed by atoms with E-state index in [1.165, 1.54) is 5.56 Å². The third kappa shape index (κ3) is 3.34. The molecule has 1 aromatic heterocycles. The lowest BCUT2D eigenvalue weighted by atomic mass is 10.2. The Morgan fingerprint density at radius 1 is 1.28 bits per heavy atom. The van der Waals surface area contributed by atoms with Gasteiger partial charge in [0.15, 0.2) is 0 Å². The van der Waals surface area contributed by atoms with Gasteiger partial charge in [0, 0.05) is 20.1 Å². The number of rotatable bonds is 6. The van der Waals surface area contributed by atoms with Crippen LogP contribution < -0.4 is 10.2 Å². The lowest BCUT2D eigenvalue weighted by Crippen LogP contribution is -2.17. The Bertz CT molecular complexity index is 467. The molecule has 4 heteroatoms. The van der Waals surface area contributed by atoms with E-state index in [0.29, 0.717) is 6.01 Å². The number of aromatic nitrogens is 1. The van der Waals surface area contributed by atoms with Crippen LogP contribution in [0.4, 0.5) is 6.01 Å². The van der Waals surface area contributed by atoms with Gasteiger partial charge in [0.2, 0.25) is 0 Å². The SMILES string of the molecule is CCNCc1coc(N(C)Cc2ccccc2)n1. The van der Waals surface area contributed by atoms with E-state index in [0.717, 1.165) is 25.3 Å². The van der Waals surface area contributed by atoms with E-state index in [1.807, 2.05) is 30.1 Å². The molecule has 96 valence electrons. The average Bonchev–Trinajstić information content (AvgIpc) is 2.86. The van der Waals surface area contributed by atoms with Gasteiger partial charge in [-0.1, -0.05) is 37.3 Å². The molecule has 0 spiro atoms. The maximum absolute atomic E-state index is 5.47. The number of hydrogen-bond donors (Lipinski definition) is 1. The molecule has 0 aliphatic heterocycles. The van der Waals surface area contributed by atoms with Crippen LogP contribution in [0, 0.1) is 0 Å². The molecule has 0 unspecified atom stereocenters. The lowest BCUT2D eigenvalue weighted by molar-refractivity contribution is 0.543. The Hall–Kier alpha value is -1.81. The molecule has 1 N–H and O–H groups in total. The zero-order valence-electron chi connectivity index (χ0n) is 10.9. The van der Waals surface area contributed by atoms with Crippen molar-refractivity contribution in [2.45, 2.75) is 20.0 Å². The molecule has 0 aliphatic rings. The van der Waals surface area contributed by atoms with E-state index in [1.54, 1.807) is 6.26 Å². The van der Waals surface area contributed by atoms with Crippen LogP contribution in [0.3, 0.4) is 0 Å². The summed E-state index contributed by atoms with van der Waals surface area (Å²) in [4.78, 5) is 6.45. The molecule has 0 amide bonds. The summed E-state index contributed by atoms with van der Waals surface area (Å²) in [5.41, 5.74) is 2.18. The monoisotopic (exact) mass is 245 g/mol. The standard InChI is InChI=1S/C14H19N3O/c1-3-15-9-13-11-18-14(16-13)17(2)10-12-7-5-4-6-8-12/h4-8,11,15H,3,9-10H2,1-2H3. The summed E-state index contributed by atoms with van der Waals surface area (Å²) in [5, 5.41) is 3.23. The summed E-state index contributed by atoms with van der Waals surface area (Å²) in [7, 11) is 1.98. The van der Waals surface area contributed by atoms with Crippen LogP contribution in [0.25, 0.3) is 0 Å². The fourth-order valence-electron chi connectivity index (χ4n) is 1.73. The quantitative estimate of drug-likeness (QED) is 0.848. The number of oxazole rings is 1. The molecule has 0 radical (unpaired) electrons. The average molecular weight is 245 g/mol. The van der Waals surface area contributed by atoms with Crippen LogP contribution in [0.1, 0.15) is 18.2 Å². The van der Waals surface area contributed by atoms with Gasteiger partial charge in [0.25, 0.3) is 6.01 Å². The van der Waals surface area contributed by atoms with Crippen LogP contribution in [0.2, 0.25) is 0 Å². The molecule has 2 rings (SSSR count). The normalized spacial score (nSPS) is 10.6. The number of hydrogen-bond acceptors (Lipinski definition) is 4. The molecule has 0 fully saturated rings. The van der Waals surface area contributed by atoms with Crippen molar-refractivity contribution in [1.29, 1.82) is 0 Å². The second-order valence-electron chi connectivity index (χ2n) is 4.24. The number of anilines is 1. The minimum absolute atomic E-state index is 0.659. The fraction of sp³-hybridized carbons (Fsp3) is 0.357. The van der Waals surface area contributed by atoms with E-state index >= 15 is 0 Å². The second-order valence-corrected chi connectivity index (χ2v) is 4.24. The van der Waals surface area contributed by atoms with E-state index in [9.17, 15) is 0 Å². The van der Waals surface area contributed by atoms with Crippen molar-refractivity contribution in [3.63, 3.8) is 0 Å². The molecule has 0 bridgehead atoms. The van der Waals surface area contributed by atoms with Gasteiger partial charge < -0.3 is 14.6 Å². The minimum Gasteiger partial charge on any atom is -0.432 e. The van der Waals surface area contributed by atoms with Crippen LogP contribution in [-0.2, 0) is 13.1 Å². The van der Waals surface area contributed by atoms with Crippen LogP contribution in [-0.4, -0.2) is 18.6 Å². The topological polar surface area (TPSA) is 41.3 Å². The van der Waals surface area contributed by atoms with Crippen LogP contribution >= 0.6 is 0 Å². The van der Waals surface area contributed by atoms with Gasteiger partial charge in [-0.25, -0.2) is 0 Å². The Morgan fingerprint density at radius 2 is 2.06 bits per heavy atom. The van der Waals surface area contributed by atoms with E-state index < -0.39 is 0 Å². The van der Waals surface area contributed by atoms with Crippen LogP contribution in [0.5, 0.6) is 0 Å². The van der Waals surface area contributed by atoms with Gasteiger partial charge in [-0.05, 0) is 12.1 Å². The van der Waals surface area contributed by atoms with E-state index in [4.69, 9.17) is 4.42 Å². The van der Waals surface area contributed by atoms with Crippen molar-refractivity contribution < 1.29 is 4.42 Å². The van der Waals surface area contributed by atoms with Gasteiger partial charge in [-0.15, -0.1) is 0 Å². The number of nitrogens with zero attached hydrogens (tertiary/aromatic N) is 2. The second kappa shape index (κ2) is 6.21. The highest BCUT2D eigenvalue weighted by molar-refractivity contribution is 5.28. The Labute approximate surface area is 108 Å². The summed E-state index contributed by atoms with van der Waals surface area (Å²) in [6.45, 7) is 4.55. The van der Waals surface area contributed by atoms with Crippen molar-refractivity contribution in [1.82, 2.24) is 10.3 Å². The Kier molecular flexibility index (Phi) is 4.36. The molecular formula is C14H19N3O. The predicted octanol–water partition coefficient (Wildman–Crippen LogP) is 2.42. The van der Waals surface area contributed by atoms with E-state index in [2.05, 4.69) is 29.4 Å². The summed E-state index contributed by atoms with van der Waals surface area (Å²) >= 11 is 0. The predicted molar refractivity (Wildman–Crippen MR) is 72.4 cm³/mol. The fourth-order valence-corrected chi connectivity index (χ4v) is 1.73. The zero-order chi connectivity index (χ0) is 12.8. The van der Waals surface area contributed by atoms with Crippen molar-refractivity contribution in [3.05, 3.63) is 47.9 Å². The first-order valence-electron chi connectivity index (χ1n) is 6.19. The summed E-state index contributed by atoms with van der Waals surface area (Å²) in [5.74, 6) is 0. The Balaban J connectivity index is 1.96. The molecular weight excluding hydrogens is 226 g/mol. The maximum atomic E-state index is 5.47. The summed E-state index contributed by atoms with van der Waals surface area (Å²) < 4.78 is 5.47. The molecule has 4 nitrogen and oxygen atoms in total. The third-order valence-corrected chi connectivity index (χ3v) is 2.68. The molecule has 0 aliphatic carbocycles. The molecule has 2 aromatic rings. The smallest absolute Gasteiger partial charge is 0.297 e. The molecule has 0 saturated heterocycles.